The van der Waals surface area contributed by atoms with Crippen molar-refractivity contribution in [2.45, 2.75) is 31.9 Å². The van der Waals surface area contributed by atoms with Gasteiger partial charge in [-0.1, -0.05) is 0 Å². The summed E-state index contributed by atoms with van der Waals surface area (Å²) in [6.07, 6.45) is 1.46. The molecule has 1 amide bonds. The van der Waals surface area contributed by atoms with Crippen LogP contribution in [0, 0.1) is 0 Å². The quantitative estimate of drug-likeness (QED) is 0.673. The van der Waals surface area contributed by atoms with E-state index in [1.54, 1.807) is 11.8 Å². The number of hydrogen-bond donors (Lipinski definition) is 1. The van der Waals surface area contributed by atoms with Crippen LogP contribution in [0.2, 0.25) is 0 Å². The van der Waals surface area contributed by atoms with Gasteiger partial charge in [-0.05, 0) is 19.8 Å². The van der Waals surface area contributed by atoms with Gasteiger partial charge in [0.05, 0.1) is 13.2 Å². The first-order valence-corrected chi connectivity index (χ1v) is 6.50. The lowest BCUT2D eigenvalue weighted by Crippen LogP contribution is -2.51. The van der Waals surface area contributed by atoms with Crippen molar-refractivity contribution >= 4 is 11.9 Å². The van der Waals surface area contributed by atoms with Gasteiger partial charge in [0.2, 0.25) is 0 Å². The topological polar surface area (TPSA) is 67.9 Å². The van der Waals surface area contributed by atoms with Gasteiger partial charge in [0, 0.05) is 19.1 Å². The SMILES string of the molecule is CCOC(=O)CN(C(=O)C1CNCCO1)C1CC1. The summed E-state index contributed by atoms with van der Waals surface area (Å²) in [5, 5.41) is 3.12. The van der Waals surface area contributed by atoms with E-state index in [4.69, 9.17) is 9.47 Å². The molecule has 1 unspecified atom stereocenters. The molecule has 1 saturated heterocycles. The Labute approximate surface area is 107 Å². The maximum absolute atomic E-state index is 12.3. The number of carbonyl (C=O) groups is 2. The van der Waals surface area contributed by atoms with Crippen LogP contribution in [0.5, 0.6) is 0 Å². The molecule has 2 aliphatic rings. The van der Waals surface area contributed by atoms with Crippen molar-refractivity contribution in [2.24, 2.45) is 0 Å². The predicted molar refractivity (Wildman–Crippen MR) is 64.0 cm³/mol. The largest absolute Gasteiger partial charge is 0.465 e. The molecule has 0 aromatic carbocycles. The van der Waals surface area contributed by atoms with Crippen molar-refractivity contribution in [1.29, 1.82) is 0 Å². The van der Waals surface area contributed by atoms with Gasteiger partial charge in [-0.15, -0.1) is 0 Å². The molecule has 102 valence electrons. The zero-order valence-corrected chi connectivity index (χ0v) is 10.7. The molecule has 1 saturated carbocycles. The van der Waals surface area contributed by atoms with Crippen LogP contribution in [0.1, 0.15) is 19.8 Å². The van der Waals surface area contributed by atoms with E-state index in [0.29, 0.717) is 19.8 Å². The summed E-state index contributed by atoms with van der Waals surface area (Å²) < 4.78 is 10.3. The van der Waals surface area contributed by atoms with Crippen molar-refractivity contribution < 1.29 is 19.1 Å². The fourth-order valence-electron chi connectivity index (χ4n) is 2.03. The Morgan fingerprint density at radius 3 is 2.78 bits per heavy atom. The predicted octanol–water partition coefficient (Wildman–Crippen LogP) is -0.471. The average Bonchev–Trinajstić information content (AvgIpc) is 3.21. The van der Waals surface area contributed by atoms with Crippen LogP contribution < -0.4 is 5.32 Å². The second-order valence-corrected chi connectivity index (χ2v) is 4.57. The van der Waals surface area contributed by atoms with E-state index >= 15 is 0 Å². The number of nitrogens with zero attached hydrogens (tertiary/aromatic N) is 1. The standard InChI is InChI=1S/C12H20N2O4/c1-2-17-11(15)8-14(9-3-4-9)12(16)10-7-13-5-6-18-10/h9-10,13H,2-8H2,1H3. The molecule has 1 aliphatic carbocycles. The summed E-state index contributed by atoms with van der Waals surface area (Å²) in [7, 11) is 0. The molecule has 2 rings (SSSR count). The van der Waals surface area contributed by atoms with Crippen LogP contribution in [0.3, 0.4) is 0 Å². The highest BCUT2D eigenvalue weighted by Crippen LogP contribution is 2.27. The lowest BCUT2D eigenvalue weighted by molar-refractivity contribution is -0.155. The molecule has 0 radical (unpaired) electrons. The summed E-state index contributed by atoms with van der Waals surface area (Å²) in [4.78, 5) is 25.4. The van der Waals surface area contributed by atoms with Crippen molar-refractivity contribution in [1.82, 2.24) is 10.2 Å². The highest BCUT2D eigenvalue weighted by atomic mass is 16.5. The summed E-state index contributed by atoms with van der Waals surface area (Å²) in [6.45, 7) is 3.96. The zero-order valence-electron chi connectivity index (χ0n) is 10.7. The molecular weight excluding hydrogens is 236 g/mol. The fraction of sp³-hybridized carbons (Fsp3) is 0.833. The number of esters is 1. The second-order valence-electron chi connectivity index (χ2n) is 4.57. The molecule has 0 aromatic heterocycles. The molecule has 1 heterocycles. The van der Waals surface area contributed by atoms with Crippen LogP contribution in [-0.4, -0.2) is 61.8 Å². The molecule has 18 heavy (non-hydrogen) atoms. The molecule has 6 heteroatoms. The number of morpholine rings is 1. The van der Waals surface area contributed by atoms with Crippen LogP contribution in [0.4, 0.5) is 0 Å². The van der Waals surface area contributed by atoms with Crippen molar-refractivity contribution in [3.63, 3.8) is 0 Å². The third-order valence-electron chi connectivity index (χ3n) is 3.08. The van der Waals surface area contributed by atoms with Crippen molar-refractivity contribution in [2.75, 3.05) is 32.8 Å². The number of nitrogens with one attached hydrogen (secondary N) is 1. The highest BCUT2D eigenvalue weighted by Gasteiger charge is 2.38. The smallest absolute Gasteiger partial charge is 0.325 e. The Hall–Kier alpha value is -1.14. The van der Waals surface area contributed by atoms with E-state index in [9.17, 15) is 9.59 Å². The van der Waals surface area contributed by atoms with Crippen LogP contribution in [0.25, 0.3) is 0 Å². The minimum atomic E-state index is -0.464. The van der Waals surface area contributed by atoms with E-state index in [0.717, 1.165) is 19.4 Å². The monoisotopic (exact) mass is 256 g/mol. The Morgan fingerprint density at radius 2 is 2.22 bits per heavy atom. The lowest BCUT2D eigenvalue weighted by Gasteiger charge is -2.29. The van der Waals surface area contributed by atoms with Crippen molar-refractivity contribution in [3.05, 3.63) is 0 Å². The number of ether oxygens (including phenoxy) is 2. The summed E-state index contributed by atoms with van der Waals surface area (Å²) in [5.41, 5.74) is 0. The van der Waals surface area contributed by atoms with E-state index < -0.39 is 6.10 Å². The zero-order chi connectivity index (χ0) is 13.0. The van der Waals surface area contributed by atoms with Crippen LogP contribution in [0.15, 0.2) is 0 Å². The first-order chi connectivity index (χ1) is 8.72. The Balaban J connectivity index is 1.91. The van der Waals surface area contributed by atoms with Crippen LogP contribution >= 0.6 is 0 Å². The first-order valence-electron chi connectivity index (χ1n) is 6.50. The minimum absolute atomic E-state index is 0.0389. The highest BCUT2D eigenvalue weighted by molar-refractivity contribution is 5.86. The van der Waals surface area contributed by atoms with Gasteiger partial charge < -0.3 is 19.7 Å². The number of amides is 1. The Kier molecular flexibility index (Phi) is 4.54. The number of carbonyl (C=O) groups excluding carboxylic acids is 2. The molecule has 0 spiro atoms. The van der Waals surface area contributed by atoms with Gasteiger partial charge in [0.25, 0.3) is 5.91 Å². The third kappa shape index (κ3) is 3.43. The molecule has 0 bridgehead atoms. The second kappa shape index (κ2) is 6.15. The Morgan fingerprint density at radius 1 is 1.44 bits per heavy atom. The van der Waals surface area contributed by atoms with Gasteiger partial charge in [-0.2, -0.15) is 0 Å². The van der Waals surface area contributed by atoms with Gasteiger partial charge in [-0.3, -0.25) is 9.59 Å². The van der Waals surface area contributed by atoms with Gasteiger partial charge in [0.1, 0.15) is 12.6 Å². The maximum Gasteiger partial charge on any atom is 0.325 e. The van der Waals surface area contributed by atoms with Gasteiger partial charge >= 0.3 is 5.97 Å². The fourth-order valence-corrected chi connectivity index (χ4v) is 2.03. The molecule has 6 nitrogen and oxygen atoms in total. The minimum Gasteiger partial charge on any atom is -0.465 e. The third-order valence-corrected chi connectivity index (χ3v) is 3.08. The van der Waals surface area contributed by atoms with Gasteiger partial charge in [0.15, 0.2) is 0 Å². The molecule has 2 fully saturated rings. The summed E-state index contributed by atoms with van der Waals surface area (Å²) in [5.74, 6) is -0.445. The van der Waals surface area contributed by atoms with E-state index in [2.05, 4.69) is 5.32 Å². The number of hydrogen-bond acceptors (Lipinski definition) is 5. The van der Waals surface area contributed by atoms with E-state index in [1.807, 2.05) is 0 Å². The van der Waals surface area contributed by atoms with Gasteiger partial charge in [-0.25, -0.2) is 0 Å². The summed E-state index contributed by atoms with van der Waals surface area (Å²) in [6, 6.07) is 0.187. The summed E-state index contributed by atoms with van der Waals surface area (Å²) >= 11 is 0. The molecule has 0 aromatic rings. The van der Waals surface area contributed by atoms with Crippen molar-refractivity contribution in [3.8, 4) is 0 Å². The lowest BCUT2D eigenvalue weighted by atomic mass is 10.2. The molecule has 1 aliphatic heterocycles. The molecule has 1 N–H and O–H groups in total. The van der Waals surface area contributed by atoms with E-state index in [-0.39, 0.29) is 24.5 Å². The molecule has 1 atom stereocenters. The van der Waals surface area contributed by atoms with Crippen LogP contribution in [-0.2, 0) is 19.1 Å². The Bertz CT molecular complexity index is 311. The number of rotatable bonds is 5. The normalized spacial score (nSPS) is 23.5. The molecular formula is C12H20N2O4. The first kappa shape index (κ1) is 13.3. The van der Waals surface area contributed by atoms with E-state index in [1.165, 1.54) is 0 Å². The maximum atomic E-state index is 12.3. The average molecular weight is 256 g/mol.